The maximum Gasteiger partial charge on any atom is 0.226 e. The van der Waals surface area contributed by atoms with Crippen LogP contribution in [-0.2, 0) is 4.79 Å². The van der Waals surface area contributed by atoms with E-state index in [2.05, 4.69) is 20.5 Å². The lowest BCUT2D eigenvalue weighted by Crippen LogP contribution is -2.13. The Hall–Kier alpha value is -1.67. The topological polar surface area (TPSA) is 93.8 Å². The van der Waals surface area contributed by atoms with Crippen LogP contribution in [0.5, 0.6) is 0 Å². The Morgan fingerprint density at radius 1 is 1.47 bits per heavy atom. The summed E-state index contributed by atoms with van der Waals surface area (Å²) in [5.74, 6) is 1.13. The molecule has 0 unspecified atom stereocenters. The molecule has 2 aromatic heterocycles. The van der Waals surface area contributed by atoms with Crippen LogP contribution < -0.4 is 11.1 Å². The van der Waals surface area contributed by atoms with E-state index >= 15 is 0 Å². The van der Waals surface area contributed by atoms with Gasteiger partial charge in [0.1, 0.15) is 5.82 Å². The Kier molecular flexibility index (Phi) is 4.69. The van der Waals surface area contributed by atoms with Gasteiger partial charge in [0.05, 0.1) is 0 Å². The van der Waals surface area contributed by atoms with E-state index in [1.165, 1.54) is 23.1 Å². The molecule has 0 spiro atoms. The highest BCUT2D eigenvalue weighted by atomic mass is 32.2. The fourth-order valence-corrected chi connectivity index (χ4v) is 2.90. The van der Waals surface area contributed by atoms with Crippen LogP contribution in [0.4, 0.5) is 10.9 Å². The van der Waals surface area contributed by atoms with E-state index in [-0.39, 0.29) is 5.91 Å². The average Bonchev–Trinajstić information content (AvgIpc) is 2.78. The summed E-state index contributed by atoms with van der Waals surface area (Å²) >= 11 is 2.79. The van der Waals surface area contributed by atoms with E-state index in [4.69, 9.17) is 5.73 Å². The first-order chi connectivity index (χ1) is 9.13. The van der Waals surface area contributed by atoms with E-state index in [9.17, 15) is 4.79 Å². The zero-order valence-corrected chi connectivity index (χ0v) is 11.9. The van der Waals surface area contributed by atoms with Crippen molar-refractivity contribution in [3.8, 4) is 0 Å². The van der Waals surface area contributed by atoms with Crippen LogP contribution in [0.25, 0.3) is 0 Å². The number of aryl methyl sites for hydroxylation is 1. The lowest BCUT2D eigenvalue weighted by Gasteiger charge is -2.03. The molecule has 2 aromatic rings. The molecule has 0 saturated carbocycles. The van der Waals surface area contributed by atoms with E-state index < -0.39 is 0 Å². The molecule has 2 rings (SSSR count). The molecule has 8 heteroatoms. The Morgan fingerprint density at radius 3 is 2.95 bits per heavy atom. The number of pyridine rings is 1. The number of nitrogens with one attached hydrogen (secondary N) is 1. The number of thioether (sulfide) groups is 1. The summed E-state index contributed by atoms with van der Waals surface area (Å²) in [4.78, 5) is 15.8. The summed E-state index contributed by atoms with van der Waals surface area (Å²) in [6.45, 7) is 1.95. The first-order valence-electron chi connectivity index (χ1n) is 5.58. The largest absolute Gasteiger partial charge is 0.374 e. The third-order valence-corrected chi connectivity index (χ3v) is 4.04. The number of anilines is 2. The maximum atomic E-state index is 11.7. The second-order valence-corrected chi connectivity index (χ2v) is 6.12. The summed E-state index contributed by atoms with van der Waals surface area (Å²) < 4.78 is 0.777. The van der Waals surface area contributed by atoms with Gasteiger partial charge in [-0.1, -0.05) is 29.2 Å². The number of carbonyl (C=O) groups excluding carboxylic acids is 1. The number of nitrogen functional groups attached to an aromatic ring is 1. The van der Waals surface area contributed by atoms with Crippen LogP contribution >= 0.6 is 23.1 Å². The van der Waals surface area contributed by atoms with Gasteiger partial charge in [0.25, 0.3) is 0 Å². The van der Waals surface area contributed by atoms with Crippen molar-refractivity contribution in [2.24, 2.45) is 0 Å². The van der Waals surface area contributed by atoms with Crippen molar-refractivity contribution >= 4 is 40.0 Å². The van der Waals surface area contributed by atoms with Crippen molar-refractivity contribution in [2.45, 2.75) is 17.7 Å². The molecule has 100 valence electrons. The van der Waals surface area contributed by atoms with E-state index in [1.54, 1.807) is 12.3 Å². The zero-order valence-electron chi connectivity index (χ0n) is 10.3. The number of hydrogen-bond acceptors (Lipinski definition) is 7. The molecular weight excluding hydrogens is 282 g/mol. The monoisotopic (exact) mass is 295 g/mol. The van der Waals surface area contributed by atoms with Crippen molar-refractivity contribution in [3.63, 3.8) is 0 Å². The van der Waals surface area contributed by atoms with Crippen LogP contribution in [0.15, 0.2) is 22.7 Å². The van der Waals surface area contributed by atoms with Gasteiger partial charge in [-0.05, 0) is 18.6 Å². The van der Waals surface area contributed by atoms with Gasteiger partial charge in [0.2, 0.25) is 11.0 Å². The first-order valence-corrected chi connectivity index (χ1v) is 7.38. The Labute approximate surface area is 118 Å². The predicted molar refractivity (Wildman–Crippen MR) is 77.3 cm³/mol. The van der Waals surface area contributed by atoms with Crippen molar-refractivity contribution in [1.29, 1.82) is 0 Å². The number of aromatic nitrogens is 3. The summed E-state index contributed by atoms with van der Waals surface area (Å²) in [6, 6.07) is 3.69. The van der Waals surface area contributed by atoms with Crippen LogP contribution in [0.1, 0.15) is 12.0 Å². The standard InChI is InChI=1S/C11H13N5OS2/c1-7-2-3-8(13-6-7)14-9(17)4-5-18-11-16-15-10(12)19-11/h2-3,6H,4-5H2,1H3,(H2,12,15)(H,13,14,17). The van der Waals surface area contributed by atoms with Crippen LogP contribution in [0.2, 0.25) is 0 Å². The second-order valence-electron chi connectivity index (χ2n) is 3.77. The van der Waals surface area contributed by atoms with Gasteiger partial charge in [0, 0.05) is 18.4 Å². The number of carbonyl (C=O) groups is 1. The minimum atomic E-state index is -0.0682. The number of hydrogen-bond donors (Lipinski definition) is 2. The molecule has 0 radical (unpaired) electrons. The van der Waals surface area contributed by atoms with Crippen LogP contribution in [0.3, 0.4) is 0 Å². The number of nitrogens with zero attached hydrogens (tertiary/aromatic N) is 3. The van der Waals surface area contributed by atoms with Crippen molar-refractivity contribution in [1.82, 2.24) is 15.2 Å². The molecule has 2 heterocycles. The molecule has 1 amide bonds. The second kappa shape index (κ2) is 6.48. The Morgan fingerprint density at radius 2 is 2.32 bits per heavy atom. The number of rotatable bonds is 5. The van der Waals surface area contributed by atoms with Gasteiger partial charge in [0.15, 0.2) is 4.34 Å². The molecule has 6 nitrogen and oxygen atoms in total. The molecular formula is C11H13N5OS2. The van der Waals surface area contributed by atoms with Crippen LogP contribution in [-0.4, -0.2) is 26.8 Å². The minimum Gasteiger partial charge on any atom is -0.374 e. The van der Waals surface area contributed by atoms with Gasteiger partial charge < -0.3 is 11.1 Å². The fourth-order valence-electron chi connectivity index (χ4n) is 1.26. The molecule has 0 saturated heterocycles. The Balaban J connectivity index is 1.74. The van der Waals surface area contributed by atoms with Crippen LogP contribution in [0, 0.1) is 6.92 Å². The van der Waals surface area contributed by atoms with Crippen molar-refractivity contribution in [2.75, 3.05) is 16.8 Å². The minimum absolute atomic E-state index is 0.0682. The third kappa shape index (κ3) is 4.49. The summed E-state index contributed by atoms with van der Waals surface area (Å²) in [7, 11) is 0. The van der Waals surface area contributed by atoms with Gasteiger partial charge in [-0.15, -0.1) is 10.2 Å². The first kappa shape index (κ1) is 13.8. The zero-order chi connectivity index (χ0) is 13.7. The lowest BCUT2D eigenvalue weighted by atomic mass is 10.3. The van der Waals surface area contributed by atoms with Crippen molar-refractivity contribution in [3.05, 3.63) is 23.9 Å². The molecule has 19 heavy (non-hydrogen) atoms. The maximum absolute atomic E-state index is 11.7. The van der Waals surface area contributed by atoms with Gasteiger partial charge in [-0.25, -0.2) is 4.98 Å². The third-order valence-electron chi connectivity index (χ3n) is 2.16. The summed E-state index contributed by atoms with van der Waals surface area (Å²) in [5.41, 5.74) is 6.53. The van der Waals surface area contributed by atoms with E-state index in [1.807, 2.05) is 13.0 Å². The highest BCUT2D eigenvalue weighted by Gasteiger charge is 2.06. The molecule has 0 aliphatic heterocycles. The normalized spacial score (nSPS) is 10.4. The predicted octanol–water partition coefficient (Wildman–Crippen LogP) is 1.94. The number of nitrogens with two attached hydrogens (primary N) is 1. The molecule has 3 N–H and O–H groups in total. The quantitative estimate of drug-likeness (QED) is 0.819. The summed E-state index contributed by atoms with van der Waals surface area (Å²) in [5, 5.41) is 10.8. The Bertz CT molecular complexity index is 554. The molecule has 0 aliphatic carbocycles. The van der Waals surface area contributed by atoms with E-state index in [0.29, 0.717) is 23.1 Å². The molecule has 0 fully saturated rings. The molecule has 0 aliphatic rings. The fraction of sp³-hybridized carbons (Fsp3) is 0.273. The molecule has 0 atom stereocenters. The van der Waals surface area contributed by atoms with Gasteiger partial charge in [-0.3, -0.25) is 4.79 Å². The SMILES string of the molecule is Cc1ccc(NC(=O)CCSc2nnc(N)s2)nc1. The van der Waals surface area contributed by atoms with Crippen molar-refractivity contribution < 1.29 is 4.79 Å². The van der Waals surface area contributed by atoms with Gasteiger partial charge >= 0.3 is 0 Å². The molecule has 0 aromatic carbocycles. The highest BCUT2D eigenvalue weighted by molar-refractivity contribution is 8.01. The summed E-state index contributed by atoms with van der Waals surface area (Å²) in [6.07, 6.45) is 2.11. The smallest absolute Gasteiger partial charge is 0.226 e. The average molecular weight is 295 g/mol. The highest BCUT2D eigenvalue weighted by Crippen LogP contribution is 2.23. The molecule has 0 bridgehead atoms. The van der Waals surface area contributed by atoms with Gasteiger partial charge in [-0.2, -0.15) is 0 Å². The lowest BCUT2D eigenvalue weighted by molar-refractivity contribution is -0.115. The van der Waals surface area contributed by atoms with E-state index in [0.717, 1.165) is 9.90 Å². The number of amides is 1.